The Morgan fingerprint density at radius 3 is 2.65 bits per heavy atom. The molecule has 1 fully saturated rings. The van der Waals surface area contributed by atoms with Gasteiger partial charge in [-0.05, 0) is 42.7 Å². The smallest absolute Gasteiger partial charge is 0.132 e. The minimum absolute atomic E-state index is 0.269. The largest absolute Gasteiger partial charge is 0.457 e. The van der Waals surface area contributed by atoms with Crippen LogP contribution in [0.2, 0.25) is 5.02 Å². The molecule has 0 amide bonds. The standard InChI is InChI=1S/C21H25ClN2O2/c22-17-6-7-20-16(14-17)15-19(18-4-1-2-5-21(18)26-20)24-11-9-23(10-12-24)8-3-13-25/h1-2,4-7,14,19,25H,3,8-13,15H2. The number of hydrogen-bond acceptors (Lipinski definition) is 4. The zero-order valence-electron chi connectivity index (χ0n) is 14.9. The molecule has 2 heterocycles. The van der Waals surface area contributed by atoms with Crippen molar-refractivity contribution in [1.82, 2.24) is 9.80 Å². The van der Waals surface area contributed by atoms with Crippen LogP contribution >= 0.6 is 11.6 Å². The molecule has 0 radical (unpaired) electrons. The van der Waals surface area contributed by atoms with Crippen LogP contribution in [-0.4, -0.2) is 54.2 Å². The third kappa shape index (κ3) is 3.74. The summed E-state index contributed by atoms with van der Waals surface area (Å²) in [5.41, 5.74) is 2.42. The SMILES string of the molecule is OCCCN1CCN(C2Cc3cc(Cl)ccc3Oc3ccccc32)CC1. The van der Waals surface area contributed by atoms with Crippen LogP contribution in [0.3, 0.4) is 0 Å². The zero-order chi connectivity index (χ0) is 17.9. The van der Waals surface area contributed by atoms with Gasteiger partial charge in [-0.25, -0.2) is 0 Å². The second kappa shape index (κ2) is 7.97. The fourth-order valence-corrected chi connectivity index (χ4v) is 4.21. The van der Waals surface area contributed by atoms with Gasteiger partial charge in [-0.15, -0.1) is 0 Å². The minimum Gasteiger partial charge on any atom is -0.457 e. The highest BCUT2D eigenvalue weighted by atomic mass is 35.5. The van der Waals surface area contributed by atoms with Crippen molar-refractivity contribution in [2.45, 2.75) is 18.9 Å². The lowest BCUT2D eigenvalue weighted by Gasteiger charge is -2.39. The van der Waals surface area contributed by atoms with E-state index < -0.39 is 0 Å². The molecule has 0 aromatic heterocycles. The molecule has 0 saturated carbocycles. The molecule has 2 aromatic carbocycles. The molecule has 2 aliphatic rings. The number of fused-ring (bicyclic) bond motifs is 2. The molecule has 0 bridgehead atoms. The molecule has 0 aliphatic carbocycles. The molecular formula is C21H25ClN2O2. The Kier molecular flexibility index (Phi) is 5.46. The molecule has 1 N–H and O–H groups in total. The predicted molar refractivity (Wildman–Crippen MR) is 104 cm³/mol. The molecule has 5 heteroatoms. The third-order valence-corrected chi connectivity index (χ3v) is 5.65. The fraction of sp³-hybridized carbons (Fsp3) is 0.429. The lowest BCUT2D eigenvalue weighted by atomic mass is 9.96. The van der Waals surface area contributed by atoms with Crippen molar-refractivity contribution in [3.8, 4) is 11.5 Å². The number of rotatable bonds is 4. The van der Waals surface area contributed by atoms with Crippen LogP contribution < -0.4 is 4.74 Å². The van der Waals surface area contributed by atoms with E-state index in [1.54, 1.807) is 0 Å². The van der Waals surface area contributed by atoms with Crippen molar-refractivity contribution in [2.75, 3.05) is 39.3 Å². The van der Waals surface area contributed by atoms with Crippen LogP contribution in [0.5, 0.6) is 11.5 Å². The van der Waals surface area contributed by atoms with Gasteiger partial charge in [0.05, 0.1) is 0 Å². The molecule has 0 spiro atoms. The van der Waals surface area contributed by atoms with E-state index in [0.29, 0.717) is 6.04 Å². The van der Waals surface area contributed by atoms with Crippen LogP contribution in [0.4, 0.5) is 0 Å². The second-order valence-corrected chi connectivity index (χ2v) is 7.50. The summed E-state index contributed by atoms with van der Waals surface area (Å²) >= 11 is 6.25. The summed E-state index contributed by atoms with van der Waals surface area (Å²) in [4.78, 5) is 5.00. The Balaban J connectivity index is 1.59. The lowest BCUT2D eigenvalue weighted by molar-refractivity contribution is 0.0909. The summed E-state index contributed by atoms with van der Waals surface area (Å²) in [6.07, 6.45) is 1.76. The first kappa shape index (κ1) is 17.8. The van der Waals surface area contributed by atoms with Gasteiger partial charge in [-0.3, -0.25) is 4.90 Å². The molecular weight excluding hydrogens is 348 g/mol. The fourth-order valence-electron chi connectivity index (χ4n) is 4.01. The maximum absolute atomic E-state index is 9.05. The van der Waals surface area contributed by atoms with Gasteiger partial charge in [0.25, 0.3) is 0 Å². The van der Waals surface area contributed by atoms with E-state index in [9.17, 15) is 0 Å². The summed E-state index contributed by atoms with van der Waals surface area (Å²) in [7, 11) is 0. The maximum atomic E-state index is 9.05. The quantitative estimate of drug-likeness (QED) is 0.887. The monoisotopic (exact) mass is 372 g/mol. The van der Waals surface area contributed by atoms with E-state index in [0.717, 1.165) is 62.1 Å². The van der Waals surface area contributed by atoms with Crippen LogP contribution in [0.1, 0.15) is 23.6 Å². The van der Waals surface area contributed by atoms with E-state index in [1.165, 1.54) is 11.1 Å². The first-order chi connectivity index (χ1) is 12.7. The molecule has 1 atom stereocenters. The second-order valence-electron chi connectivity index (χ2n) is 7.07. The number of piperazine rings is 1. The topological polar surface area (TPSA) is 35.9 Å². The Hall–Kier alpha value is -1.59. The first-order valence-electron chi connectivity index (χ1n) is 9.37. The minimum atomic E-state index is 0.269. The van der Waals surface area contributed by atoms with Crippen LogP contribution in [0.15, 0.2) is 42.5 Å². The van der Waals surface area contributed by atoms with E-state index >= 15 is 0 Å². The van der Waals surface area contributed by atoms with Crippen LogP contribution in [0.25, 0.3) is 0 Å². The van der Waals surface area contributed by atoms with Crippen molar-refractivity contribution in [3.63, 3.8) is 0 Å². The van der Waals surface area contributed by atoms with Crippen molar-refractivity contribution in [2.24, 2.45) is 0 Å². The lowest BCUT2D eigenvalue weighted by Crippen LogP contribution is -2.48. The van der Waals surface area contributed by atoms with Crippen molar-refractivity contribution in [3.05, 3.63) is 58.6 Å². The summed E-state index contributed by atoms with van der Waals surface area (Å²) in [5, 5.41) is 9.80. The Morgan fingerprint density at radius 2 is 1.85 bits per heavy atom. The van der Waals surface area contributed by atoms with Gasteiger partial charge >= 0.3 is 0 Å². The van der Waals surface area contributed by atoms with Gasteiger partial charge in [0.1, 0.15) is 11.5 Å². The van der Waals surface area contributed by atoms with Gasteiger partial charge in [0.2, 0.25) is 0 Å². The molecule has 138 valence electrons. The molecule has 4 nitrogen and oxygen atoms in total. The highest BCUT2D eigenvalue weighted by molar-refractivity contribution is 6.30. The van der Waals surface area contributed by atoms with Gasteiger partial charge in [0.15, 0.2) is 0 Å². The number of para-hydroxylation sites is 1. The number of aliphatic hydroxyl groups excluding tert-OH is 1. The van der Waals surface area contributed by atoms with E-state index in [-0.39, 0.29) is 6.61 Å². The van der Waals surface area contributed by atoms with E-state index in [2.05, 4.69) is 28.0 Å². The number of ether oxygens (including phenoxy) is 1. The zero-order valence-corrected chi connectivity index (χ0v) is 15.7. The Labute approximate surface area is 159 Å². The van der Waals surface area contributed by atoms with Crippen molar-refractivity contribution < 1.29 is 9.84 Å². The average Bonchev–Trinajstić information content (AvgIpc) is 2.83. The Morgan fingerprint density at radius 1 is 1.04 bits per heavy atom. The average molecular weight is 373 g/mol. The molecule has 4 rings (SSSR count). The van der Waals surface area contributed by atoms with Crippen LogP contribution in [-0.2, 0) is 6.42 Å². The first-order valence-corrected chi connectivity index (χ1v) is 9.75. The molecule has 1 unspecified atom stereocenters. The summed E-state index contributed by atoms with van der Waals surface area (Å²) in [5.74, 6) is 1.85. The summed E-state index contributed by atoms with van der Waals surface area (Å²) in [6, 6.07) is 14.6. The van der Waals surface area contributed by atoms with E-state index in [4.69, 9.17) is 21.4 Å². The Bertz CT molecular complexity index is 759. The van der Waals surface area contributed by atoms with Gasteiger partial charge in [-0.1, -0.05) is 29.8 Å². The third-order valence-electron chi connectivity index (χ3n) is 5.41. The van der Waals surface area contributed by atoms with Crippen molar-refractivity contribution >= 4 is 11.6 Å². The van der Waals surface area contributed by atoms with Crippen molar-refractivity contribution in [1.29, 1.82) is 0 Å². The normalized spacial score (nSPS) is 20.8. The number of benzene rings is 2. The number of halogens is 1. The molecule has 26 heavy (non-hydrogen) atoms. The predicted octanol–water partition coefficient (Wildman–Crippen LogP) is 3.73. The van der Waals surface area contributed by atoms with Gasteiger partial charge in [-0.2, -0.15) is 0 Å². The van der Waals surface area contributed by atoms with Gasteiger partial charge in [0, 0.05) is 56.0 Å². The van der Waals surface area contributed by atoms with Gasteiger partial charge < -0.3 is 14.7 Å². The van der Waals surface area contributed by atoms with E-state index in [1.807, 2.05) is 24.3 Å². The number of hydrogen-bond donors (Lipinski definition) is 1. The number of nitrogens with zero attached hydrogens (tertiary/aromatic N) is 2. The number of aliphatic hydroxyl groups is 1. The highest BCUT2D eigenvalue weighted by Crippen LogP contribution is 2.41. The molecule has 1 saturated heterocycles. The van der Waals surface area contributed by atoms with Crippen LogP contribution in [0, 0.1) is 0 Å². The molecule has 2 aromatic rings. The summed E-state index contributed by atoms with van der Waals surface area (Å²) < 4.78 is 6.23. The highest BCUT2D eigenvalue weighted by Gasteiger charge is 2.30. The summed E-state index contributed by atoms with van der Waals surface area (Å²) in [6.45, 7) is 5.39. The maximum Gasteiger partial charge on any atom is 0.132 e. The molecule has 2 aliphatic heterocycles.